The summed E-state index contributed by atoms with van der Waals surface area (Å²) in [6.07, 6.45) is 3.20. The first kappa shape index (κ1) is 14.9. The van der Waals surface area contributed by atoms with E-state index in [-0.39, 0.29) is 5.56 Å². The van der Waals surface area contributed by atoms with E-state index in [1.807, 2.05) is 0 Å². The Balaban J connectivity index is 2.38. The van der Waals surface area contributed by atoms with Crippen molar-refractivity contribution in [1.29, 1.82) is 0 Å². The van der Waals surface area contributed by atoms with Crippen molar-refractivity contribution in [3.8, 4) is 0 Å². The first-order valence-electron chi connectivity index (χ1n) is 6.30. The molecule has 1 aromatic carbocycles. The molecule has 0 radical (unpaired) electrons. The molecule has 0 saturated heterocycles. The molecule has 1 aliphatic rings. The molecule has 110 valence electrons. The zero-order valence-corrected chi connectivity index (χ0v) is 11.8. The molecule has 0 aromatic heterocycles. The molecule has 0 bridgehead atoms. The molecule has 0 heterocycles. The van der Waals surface area contributed by atoms with Crippen LogP contribution >= 0.6 is 0 Å². The third-order valence-corrected chi connectivity index (χ3v) is 5.21. The smallest absolute Gasteiger partial charge is 0.335 e. The molecule has 2 N–H and O–H groups in total. The maximum atomic E-state index is 13.7. The fraction of sp³-hybridized carbons (Fsp3) is 0.462. The number of carboxylic acid groups (broad SMARTS) is 1. The maximum absolute atomic E-state index is 13.7. The molecular formula is C13H16FNO4S. The van der Waals surface area contributed by atoms with Gasteiger partial charge in [-0.1, -0.05) is 12.8 Å². The second kappa shape index (κ2) is 5.14. The number of nitrogens with one attached hydrogen (secondary N) is 1. The number of rotatable bonds is 4. The predicted octanol–water partition coefficient (Wildman–Crippen LogP) is 2.13. The molecule has 7 heteroatoms. The van der Waals surface area contributed by atoms with Crippen LogP contribution in [0.2, 0.25) is 0 Å². The van der Waals surface area contributed by atoms with E-state index in [1.54, 1.807) is 6.92 Å². The van der Waals surface area contributed by atoms with E-state index in [0.29, 0.717) is 12.8 Å². The van der Waals surface area contributed by atoms with Crippen molar-refractivity contribution in [2.45, 2.75) is 43.0 Å². The topological polar surface area (TPSA) is 83.5 Å². The van der Waals surface area contributed by atoms with Gasteiger partial charge in [-0.3, -0.25) is 0 Å². The molecule has 1 aromatic rings. The van der Waals surface area contributed by atoms with Crippen molar-refractivity contribution < 1.29 is 22.7 Å². The van der Waals surface area contributed by atoms with Crippen LogP contribution in [-0.4, -0.2) is 25.0 Å². The first-order chi connectivity index (χ1) is 9.23. The number of sulfonamides is 1. The number of benzene rings is 1. The van der Waals surface area contributed by atoms with Gasteiger partial charge in [0.05, 0.1) is 5.56 Å². The number of aromatic carboxylic acids is 1. The molecule has 0 amide bonds. The normalized spacial score (nSPS) is 18.1. The highest BCUT2D eigenvalue weighted by atomic mass is 32.2. The molecule has 0 aliphatic heterocycles. The number of hydrogen-bond acceptors (Lipinski definition) is 3. The van der Waals surface area contributed by atoms with Crippen LogP contribution in [0.25, 0.3) is 0 Å². The molecule has 0 atom stereocenters. The summed E-state index contributed by atoms with van der Waals surface area (Å²) in [6.45, 7) is 1.77. The van der Waals surface area contributed by atoms with Gasteiger partial charge in [0.2, 0.25) is 10.0 Å². The lowest BCUT2D eigenvalue weighted by molar-refractivity contribution is 0.0696. The summed E-state index contributed by atoms with van der Waals surface area (Å²) in [5.41, 5.74) is -0.854. The minimum absolute atomic E-state index is 0.261. The van der Waals surface area contributed by atoms with Crippen LogP contribution in [0.1, 0.15) is 43.0 Å². The summed E-state index contributed by atoms with van der Waals surface area (Å²) in [5.74, 6) is -2.25. The van der Waals surface area contributed by atoms with E-state index in [2.05, 4.69) is 4.72 Å². The van der Waals surface area contributed by atoms with Gasteiger partial charge in [-0.25, -0.2) is 22.3 Å². The molecule has 2 rings (SSSR count). The standard InChI is InChI=1S/C13H16FNO4S/c1-13(6-2-3-7-13)15-20(18,19)11-8-9(12(16)17)4-5-10(11)14/h4-5,8,15H,2-3,6-7H2,1H3,(H,16,17). The molecule has 0 unspecified atom stereocenters. The Kier molecular flexibility index (Phi) is 3.84. The van der Waals surface area contributed by atoms with Crippen molar-refractivity contribution in [1.82, 2.24) is 4.72 Å². The van der Waals surface area contributed by atoms with Crippen LogP contribution < -0.4 is 4.72 Å². The fourth-order valence-corrected chi connectivity index (χ4v) is 4.05. The van der Waals surface area contributed by atoms with Gasteiger partial charge < -0.3 is 5.11 Å². The first-order valence-corrected chi connectivity index (χ1v) is 7.79. The summed E-state index contributed by atoms with van der Waals surface area (Å²) < 4.78 is 40.7. The summed E-state index contributed by atoms with van der Waals surface area (Å²) in [7, 11) is -4.08. The quantitative estimate of drug-likeness (QED) is 0.892. The van der Waals surface area contributed by atoms with Crippen LogP contribution in [0.5, 0.6) is 0 Å². The monoisotopic (exact) mass is 301 g/mol. The Morgan fingerprint density at radius 2 is 1.95 bits per heavy atom. The van der Waals surface area contributed by atoms with Crippen molar-refractivity contribution in [3.05, 3.63) is 29.6 Å². The van der Waals surface area contributed by atoms with Gasteiger partial charge in [0.25, 0.3) is 0 Å². The summed E-state index contributed by atoms with van der Waals surface area (Å²) in [6, 6.07) is 2.74. The molecule has 1 saturated carbocycles. The molecule has 1 aliphatic carbocycles. The molecule has 1 fully saturated rings. The Labute approximate surface area is 116 Å². The minimum atomic E-state index is -4.08. The lowest BCUT2D eigenvalue weighted by Gasteiger charge is -2.25. The second-order valence-corrected chi connectivity index (χ2v) is 6.97. The van der Waals surface area contributed by atoms with Crippen molar-refractivity contribution in [2.75, 3.05) is 0 Å². The van der Waals surface area contributed by atoms with Gasteiger partial charge in [-0.15, -0.1) is 0 Å². The summed E-state index contributed by atoms with van der Waals surface area (Å²) >= 11 is 0. The number of hydrogen-bond donors (Lipinski definition) is 2. The number of carbonyl (C=O) groups is 1. The average Bonchev–Trinajstić information content (AvgIpc) is 2.74. The van der Waals surface area contributed by atoms with E-state index in [4.69, 9.17) is 5.11 Å². The highest BCUT2D eigenvalue weighted by molar-refractivity contribution is 7.89. The van der Waals surface area contributed by atoms with Gasteiger partial charge in [-0.05, 0) is 38.0 Å². The fourth-order valence-electron chi connectivity index (χ4n) is 2.48. The van der Waals surface area contributed by atoms with E-state index < -0.39 is 32.2 Å². The van der Waals surface area contributed by atoms with Crippen LogP contribution in [0.4, 0.5) is 4.39 Å². The Morgan fingerprint density at radius 3 is 2.50 bits per heavy atom. The van der Waals surface area contributed by atoms with Crippen molar-refractivity contribution in [3.63, 3.8) is 0 Å². The van der Waals surface area contributed by atoms with Gasteiger partial charge >= 0.3 is 5.97 Å². The van der Waals surface area contributed by atoms with Crippen molar-refractivity contribution >= 4 is 16.0 Å². The van der Waals surface area contributed by atoms with E-state index in [9.17, 15) is 17.6 Å². The van der Waals surface area contributed by atoms with Gasteiger partial charge in [0, 0.05) is 5.54 Å². The maximum Gasteiger partial charge on any atom is 0.335 e. The third-order valence-electron chi connectivity index (χ3n) is 3.56. The lowest BCUT2D eigenvalue weighted by Crippen LogP contribution is -2.43. The summed E-state index contributed by atoms with van der Waals surface area (Å²) in [4.78, 5) is 10.2. The van der Waals surface area contributed by atoms with Crippen LogP contribution in [0.15, 0.2) is 23.1 Å². The van der Waals surface area contributed by atoms with E-state index in [0.717, 1.165) is 31.0 Å². The zero-order chi connectivity index (χ0) is 15.0. The molecular weight excluding hydrogens is 285 g/mol. The molecule has 20 heavy (non-hydrogen) atoms. The van der Waals surface area contributed by atoms with Gasteiger partial charge in [0.1, 0.15) is 10.7 Å². The molecule has 5 nitrogen and oxygen atoms in total. The van der Waals surface area contributed by atoms with E-state index >= 15 is 0 Å². The Hall–Kier alpha value is -1.47. The predicted molar refractivity (Wildman–Crippen MR) is 70.6 cm³/mol. The van der Waals surface area contributed by atoms with Crippen LogP contribution in [0, 0.1) is 5.82 Å². The number of carboxylic acids is 1. The van der Waals surface area contributed by atoms with Crippen LogP contribution in [-0.2, 0) is 10.0 Å². The highest BCUT2D eigenvalue weighted by Gasteiger charge is 2.34. The SMILES string of the molecule is CC1(NS(=O)(=O)c2cc(C(=O)O)ccc2F)CCCC1. The minimum Gasteiger partial charge on any atom is -0.478 e. The largest absolute Gasteiger partial charge is 0.478 e. The molecule has 0 spiro atoms. The lowest BCUT2D eigenvalue weighted by atomic mass is 10.0. The van der Waals surface area contributed by atoms with Gasteiger partial charge in [-0.2, -0.15) is 0 Å². The second-order valence-electron chi connectivity index (χ2n) is 5.32. The Bertz CT molecular complexity index is 636. The average molecular weight is 301 g/mol. The third kappa shape index (κ3) is 2.99. The van der Waals surface area contributed by atoms with Gasteiger partial charge in [0.15, 0.2) is 0 Å². The van der Waals surface area contributed by atoms with E-state index in [1.165, 1.54) is 0 Å². The summed E-state index contributed by atoms with van der Waals surface area (Å²) in [5, 5.41) is 8.86. The Morgan fingerprint density at radius 1 is 1.35 bits per heavy atom. The number of halogens is 1. The highest BCUT2D eigenvalue weighted by Crippen LogP contribution is 2.31. The van der Waals surface area contributed by atoms with Crippen LogP contribution in [0.3, 0.4) is 0 Å². The van der Waals surface area contributed by atoms with Crippen molar-refractivity contribution in [2.24, 2.45) is 0 Å². The zero-order valence-electron chi connectivity index (χ0n) is 11.0.